The summed E-state index contributed by atoms with van der Waals surface area (Å²) in [4.78, 5) is 20.4. The van der Waals surface area contributed by atoms with Crippen molar-refractivity contribution < 1.29 is 9.53 Å². The molecule has 4 rings (SSSR count). The molecule has 5 nitrogen and oxygen atoms in total. The summed E-state index contributed by atoms with van der Waals surface area (Å²) in [6.07, 6.45) is 6.84. The molecule has 0 aliphatic heterocycles. The molecule has 2 N–H and O–H groups in total. The zero-order valence-electron chi connectivity index (χ0n) is 17.9. The maximum absolute atomic E-state index is 12.9. The summed E-state index contributed by atoms with van der Waals surface area (Å²) < 4.78 is 5.32. The van der Waals surface area contributed by atoms with E-state index < -0.39 is 0 Å². The van der Waals surface area contributed by atoms with Crippen LogP contribution in [0.25, 0.3) is 10.9 Å². The van der Waals surface area contributed by atoms with Gasteiger partial charge in [0, 0.05) is 48.4 Å². The van der Waals surface area contributed by atoms with E-state index in [0.717, 1.165) is 34.4 Å². The Morgan fingerprint density at radius 3 is 2.58 bits per heavy atom. The van der Waals surface area contributed by atoms with Gasteiger partial charge in [-0.05, 0) is 52.9 Å². The zero-order valence-corrected chi connectivity index (χ0v) is 17.9. The van der Waals surface area contributed by atoms with Gasteiger partial charge in [-0.2, -0.15) is 0 Å². The number of hydrogen-bond donors (Lipinski definition) is 2. The minimum Gasteiger partial charge on any atom is -0.497 e. The molecule has 0 bridgehead atoms. The van der Waals surface area contributed by atoms with Crippen molar-refractivity contribution in [3.63, 3.8) is 0 Å². The number of aryl methyl sites for hydroxylation is 1. The lowest BCUT2D eigenvalue weighted by molar-refractivity contribution is -0.121. The van der Waals surface area contributed by atoms with E-state index in [0.29, 0.717) is 13.0 Å². The first-order chi connectivity index (χ1) is 15.2. The number of rotatable bonds is 8. The largest absolute Gasteiger partial charge is 0.497 e. The van der Waals surface area contributed by atoms with Crippen LogP contribution in [-0.4, -0.2) is 23.0 Å². The molecule has 5 heteroatoms. The summed E-state index contributed by atoms with van der Waals surface area (Å²) in [5, 5.41) is 4.22. The predicted octanol–water partition coefficient (Wildman–Crippen LogP) is 4.97. The van der Waals surface area contributed by atoms with Gasteiger partial charge in [0.15, 0.2) is 0 Å². The number of nitrogens with one attached hydrogen (secondary N) is 2. The molecule has 2 aromatic heterocycles. The first-order valence-corrected chi connectivity index (χ1v) is 10.6. The first-order valence-electron chi connectivity index (χ1n) is 10.6. The molecular weight excluding hydrogens is 386 g/mol. The molecule has 0 radical (unpaired) electrons. The molecular formula is C26H27N3O2. The van der Waals surface area contributed by atoms with Gasteiger partial charge >= 0.3 is 0 Å². The van der Waals surface area contributed by atoms with Crippen molar-refractivity contribution >= 4 is 16.8 Å². The fourth-order valence-corrected chi connectivity index (χ4v) is 4.02. The second kappa shape index (κ2) is 9.47. The Labute approximate surface area is 182 Å². The van der Waals surface area contributed by atoms with Crippen LogP contribution in [0.15, 0.2) is 73.2 Å². The lowest BCUT2D eigenvalue weighted by atomic mass is 9.87. The van der Waals surface area contributed by atoms with Gasteiger partial charge in [0.2, 0.25) is 5.91 Å². The van der Waals surface area contributed by atoms with E-state index in [4.69, 9.17) is 4.74 Å². The van der Waals surface area contributed by atoms with E-state index in [2.05, 4.69) is 46.6 Å². The van der Waals surface area contributed by atoms with Crippen LogP contribution < -0.4 is 10.1 Å². The number of methoxy groups -OCH3 is 1. The number of amides is 1. The van der Waals surface area contributed by atoms with E-state index in [1.807, 2.05) is 36.4 Å². The molecule has 0 spiro atoms. The summed E-state index contributed by atoms with van der Waals surface area (Å²) in [6.45, 7) is 2.65. The number of pyridine rings is 1. The number of carbonyl (C=O) groups is 1. The first kappa shape index (κ1) is 20.7. The molecule has 0 saturated heterocycles. The van der Waals surface area contributed by atoms with Crippen LogP contribution in [-0.2, 0) is 17.8 Å². The highest BCUT2D eigenvalue weighted by molar-refractivity contribution is 5.88. The summed E-state index contributed by atoms with van der Waals surface area (Å²) in [6, 6.07) is 18.2. The number of carbonyl (C=O) groups excluding carboxylic acids is 1. The lowest BCUT2D eigenvalue weighted by Gasteiger charge is -2.18. The SMILES string of the molecule is CCc1cccc2c([C@@H](CC(=O)NCc3ccncc3)c3ccc(OC)cc3)c[nH]c12. The fraction of sp³-hybridized carbons (Fsp3) is 0.231. The number of H-pyrrole nitrogens is 1. The molecule has 0 aliphatic carbocycles. The van der Waals surface area contributed by atoms with Crippen LogP contribution in [0.2, 0.25) is 0 Å². The van der Waals surface area contributed by atoms with Gasteiger partial charge in [0.25, 0.3) is 0 Å². The predicted molar refractivity (Wildman–Crippen MR) is 123 cm³/mol. The third-order valence-electron chi connectivity index (χ3n) is 5.74. The molecule has 2 aromatic carbocycles. The number of hydrogen-bond acceptors (Lipinski definition) is 3. The summed E-state index contributed by atoms with van der Waals surface area (Å²) in [5.41, 5.74) is 5.68. The summed E-state index contributed by atoms with van der Waals surface area (Å²) in [7, 11) is 1.66. The van der Waals surface area contributed by atoms with Crippen molar-refractivity contribution in [2.45, 2.75) is 32.2 Å². The van der Waals surface area contributed by atoms with Gasteiger partial charge in [0.05, 0.1) is 7.11 Å². The highest BCUT2D eigenvalue weighted by Crippen LogP contribution is 2.35. The normalized spacial score (nSPS) is 11.9. The minimum absolute atomic E-state index is 0.0126. The van der Waals surface area contributed by atoms with Gasteiger partial charge in [-0.3, -0.25) is 9.78 Å². The number of aromatic nitrogens is 2. The van der Waals surface area contributed by atoms with E-state index in [1.165, 1.54) is 10.9 Å². The molecule has 31 heavy (non-hydrogen) atoms. The third kappa shape index (κ3) is 4.61. The Morgan fingerprint density at radius 1 is 1.10 bits per heavy atom. The van der Waals surface area contributed by atoms with Crippen LogP contribution in [0.5, 0.6) is 5.75 Å². The van der Waals surface area contributed by atoms with Crippen LogP contribution in [0, 0.1) is 0 Å². The van der Waals surface area contributed by atoms with Gasteiger partial charge in [0.1, 0.15) is 5.75 Å². The van der Waals surface area contributed by atoms with Crippen molar-refractivity contribution in [2.75, 3.05) is 7.11 Å². The Morgan fingerprint density at radius 2 is 1.87 bits per heavy atom. The maximum atomic E-state index is 12.9. The number of benzene rings is 2. The molecule has 0 fully saturated rings. The second-order valence-corrected chi connectivity index (χ2v) is 7.60. The van der Waals surface area contributed by atoms with Crippen LogP contribution in [0.1, 0.15) is 41.5 Å². The highest BCUT2D eigenvalue weighted by atomic mass is 16.5. The molecule has 0 saturated carbocycles. The van der Waals surface area contributed by atoms with E-state index in [1.54, 1.807) is 19.5 Å². The molecule has 158 valence electrons. The zero-order chi connectivity index (χ0) is 21.6. The van der Waals surface area contributed by atoms with Crippen molar-refractivity contribution in [2.24, 2.45) is 0 Å². The average molecular weight is 414 g/mol. The maximum Gasteiger partial charge on any atom is 0.221 e. The van der Waals surface area contributed by atoms with Crippen molar-refractivity contribution in [1.29, 1.82) is 0 Å². The molecule has 0 aliphatic rings. The van der Waals surface area contributed by atoms with E-state index >= 15 is 0 Å². The van der Waals surface area contributed by atoms with Gasteiger partial charge in [-0.1, -0.05) is 37.3 Å². The minimum atomic E-state index is -0.0656. The topological polar surface area (TPSA) is 67.0 Å². The lowest BCUT2D eigenvalue weighted by Crippen LogP contribution is -2.25. The van der Waals surface area contributed by atoms with Crippen LogP contribution in [0.3, 0.4) is 0 Å². The van der Waals surface area contributed by atoms with Gasteiger partial charge in [-0.15, -0.1) is 0 Å². The number of ether oxygens (including phenoxy) is 1. The number of para-hydroxylation sites is 1. The van der Waals surface area contributed by atoms with Crippen LogP contribution >= 0.6 is 0 Å². The van der Waals surface area contributed by atoms with Crippen molar-refractivity contribution in [3.8, 4) is 5.75 Å². The molecule has 1 atom stereocenters. The third-order valence-corrected chi connectivity index (χ3v) is 5.74. The van der Waals surface area contributed by atoms with E-state index in [9.17, 15) is 4.79 Å². The standard InChI is InChI=1S/C26H27N3O2/c1-3-19-5-4-6-22-24(17-29-26(19)22)23(20-7-9-21(31-2)10-8-20)15-25(30)28-16-18-11-13-27-14-12-18/h4-14,17,23,29H,3,15-16H2,1-2H3,(H,28,30)/t23-/m0/s1. The van der Waals surface area contributed by atoms with Crippen LogP contribution in [0.4, 0.5) is 0 Å². The molecule has 0 unspecified atom stereocenters. The summed E-state index contributed by atoms with van der Waals surface area (Å²) in [5.74, 6) is 0.750. The molecule has 1 amide bonds. The smallest absolute Gasteiger partial charge is 0.221 e. The average Bonchev–Trinajstić information content (AvgIpc) is 3.26. The van der Waals surface area contributed by atoms with Gasteiger partial charge in [-0.25, -0.2) is 0 Å². The van der Waals surface area contributed by atoms with E-state index in [-0.39, 0.29) is 11.8 Å². The van der Waals surface area contributed by atoms with Crippen molar-refractivity contribution in [1.82, 2.24) is 15.3 Å². The molecule has 2 heterocycles. The second-order valence-electron chi connectivity index (χ2n) is 7.60. The molecule has 4 aromatic rings. The van der Waals surface area contributed by atoms with Crippen molar-refractivity contribution in [3.05, 3.63) is 95.4 Å². The number of aromatic amines is 1. The Hall–Kier alpha value is -3.60. The Bertz CT molecular complexity index is 1150. The Balaban J connectivity index is 1.64. The highest BCUT2D eigenvalue weighted by Gasteiger charge is 2.22. The fourth-order valence-electron chi connectivity index (χ4n) is 4.02. The quantitative estimate of drug-likeness (QED) is 0.428. The van der Waals surface area contributed by atoms with Gasteiger partial charge < -0.3 is 15.0 Å². The number of fused-ring (bicyclic) bond motifs is 1. The monoisotopic (exact) mass is 413 g/mol. The summed E-state index contributed by atoms with van der Waals surface area (Å²) >= 11 is 0. The Kier molecular flexibility index (Phi) is 6.32. The number of nitrogens with zero attached hydrogens (tertiary/aromatic N) is 1.